The molecule has 2 heterocycles. The lowest BCUT2D eigenvalue weighted by molar-refractivity contribution is 0.102. The van der Waals surface area contributed by atoms with Gasteiger partial charge in [0.05, 0.1) is 24.5 Å². The Balaban J connectivity index is 1.78. The van der Waals surface area contributed by atoms with Crippen molar-refractivity contribution in [2.75, 3.05) is 11.9 Å². The van der Waals surface area contributed by atoms with Crippen molar-refractivity contribution in [2.45, 2.75) is 26.4 Å². The van der Waals surface area contributed by atoms with Gasteiger partial charge >= 0.3 is 0 Å². The number of aromatic nitrogens is 2. The second-order valence-corrected chi connectivity index (χ2v) is 7.96. The fraction of sp³-hybridized carbons (Fsp3) is 0.278. The molecule has 1 atom stereocenters. The van der Waals surface area contributed by atoms with Gasteiger partial charge in [-0.3, -0.25) is 4.79 Å². The second-order valence-electron chi connectivity index (χ2n) is 5.99. The fourth-order valence-electron chi connectivity index (χ4n) is 2.34. The molecule has 3 rings (SSSR count). The first kappa shape index (κ1) is 20.3. The third kappa shape index (κ3) is 4.51. The Morgan fingerprint density at radius 3 is 2.75 bits per heavy atom. The number of aryl methyl sites for hydroxylation is 1. The first-order valence-corrected chi connectivity index (χ1v) is 9.94. The van der Waals surface area contributed by atoms with Crippen molar-refractivity contribution in [3.63, 3.8) is 0 Å². The Morgan fingerprint density at radius 1 is 1.36 bits per heavy atom. The third-order valence-corrected chi connectivity index (χ3v) is 5.45. The zero-order valence-corrected chi connectivity index (χ0v) is 16.7. The monoisotopic (exact) mass is 425 g/mol. The highest BCUT2D eigenvalue weighted by Crippen LogP contribution is 2.33. The Bertz CT molecular complexity index is 968. The maximum absolute atomic E-state index is 14.0. The predicted octanol–water partition coefficient (Wildman–Crippen LogP) is 4.26. The molecule has 0 aliphatic rings. The highest BCUT2D eigenvalue weighted by Gasteiger charge is 2.22. The molecule has 2 N–H and O–H groups in total. The van der Waals surface area contributed by atoms with Gasteiger partial charge in [0.1, 0.15) is 28.0 Å². The van der Waals surface area contributed by atoms with Gasteiger partial charge in [0.25, 0.3) is 5.91 Å². The normalized spacial score (nSPS) is 12.0. The lowest BCUT2D eigenvalue weighted by Crippen LogP contribution is -2.14. The molecule has 0 radical (unpaired) electrons. The molecule has 0 aliphatic heterocycles. The molecule has 0 spiro atoms. The third-order valence-electron chi connectivity index (χ3n) is 3.74. The van der Waals surface area contributed by atoms with Crippen LogP contribution in [0.5, 0.6) is 5.06 Å². The topological polar surface area (TPSA) is 84.3 Å². The van der Waals surface area contributed by atoms with Crippen LogP contribution in [0.2, 0.25) is 0 Å². The van der Waals surface area contributed by atoms with Crippen LogP contribution in [0.25, 0.3) is 10.6 Å². The van der Waals surface area contributed by atoms with Crippen LogP contribution in [0, 0.1) is 18.6 Å². The number of aliphatic hydroxyl groups excluding tert-OH is 1. The smallest absolute Gasteiger partial charge is 0.275 e. The molecule has 148 valence electrons. The highest BCUT2D eigenvalue weighted by molar-refractivity contribution is 7.15. The van der Waals surface area contributed by atoms with E-state index >= 15 is 0 Å². The summed E-state index contributed by atoms with van der Waals surface area (Å²) in [5.74, 6) is -2.01. The number of hydrogen-bond donors (Lipinski definition) is 2. The molecule has 0 saturated carbocycles. The predicted molar refractivity (Wildman–Crippen MR) is 104 cm³/mol. The summed E-state index contributed by atoms with van der Waals surface area (Å²) in [5, 5.41) is 12.4. The molecule has 1 amide bonds. The summed E-state index contributed by atoms with van der Waals surface area (Å²) in [5.41, 5.74) is 0.185. The van der Waals surface area contributed by atoms with E-state index in [1.165, 1.54) is 12.3 Å². The maximum Gasteiger partial charge on any atom is 0.275 e. The number of nitrogens with one attached hydrogen (secondary N) is 1. The van der Waals surface area contributed by atoms with E-state index in [1.807, 2.05) is 0 Å². The van der Waals surface area contributed by atoms with Crippen molar-refractivity contribution in [3.05, 3.63) is 46.6 Å². The van der Waals surface area contributed by atoms with Crippen molar-refractivity contribution in [1.82, 2.24) is 9.36 Å². The number of anilines is 1. The van der Waals surface area contributed by atoms with Gasteiger partial charge in [-0.2, -0.15) is 4.37 Å². The van der Waals surface area contributed by atoms with E-state index < -0.39 is 23.6 Å². The van der Waals surface area contributed by atoms with E-state index in [-0.39, 0.29) is 22.9 Å². The van der Waals surface area contributed by atoms with Gasteiger partial charge in [0.15, 0.2) is 0 Å². The van der Waals surface area contributed by atoms with Gasteiger partial charge in [-0.1, -0.05) is 6.07 Å². The van der Waals surface area contributed by atoms with Crippen LogP contribution in [0.15, 0.2) is 24.4 Å². The lowest BCUT2D eigenvalue weighted by atomic mass is 10.2. The average Bonchev–Trinajstić information content (AvgIpc) is 3.21. The number of rotatable bonds is 7. The van der Waals surface area contributed by atoms with E-state index in [4.69, 9.17) is 4.74 Å². The second kappa shape index (κ2) is 8.72. The Labute approximate surface area is 168 Å². The van der Waals surface area contributed by atoms with Crippen LogP contribution in [0.4, 0.5) is 14.5 Å². The summed E-state index contributed by atoms with van der Waals surface area (Å²) in [7, 11) is 0. The Hall–Kier alpha value is -2.43. The number of halogens is 2. The number of aliphatic hydroxyl groups is 1. The van der Waals surface area contributed by atoms with Gasteiger partial charge in [-0.15, -0.1) is 11.3 Å². The number of thiazole rings is 1. The largest absolute Gasteiger partial charge is 0.481 e. The van der Waals surface area contributed by atoms with Crippen LogP contribution in [0.1, 0.15) is 28.7 Å². The molecule has 2 aromatic heterocycles. The first-order valence-electron chi connectivity index (χ1n) is 8.35. The minimum Gasteiger partial charge on any atom is -0.481 e. The van der Waals surface area contributed by atoms with Crippen LogP contribution in [0.3, 0.4) is 0 Å². The van der Waals surface area contributed by atoms with E-state index in [1.54, 1.807) is 13.8 Å². The minimum absolute atomic E-state index is 0.0729. The summed E-state index contributed by atoms with van der Waals surface area (Å²) in [6.45, 7) is 3.58. The standard InChI is InChI=1S/C18H17F2N3O3S2/c1-9(24)6-7-26-18-13(8-21-28-18)22-16(25)15-10(2)27-17(23-15)14-11(19)4-3-5-12(14)20/h3-5,8-9,24H,6-7H2,1-2H3,(H,22,25). The molecule has 0 saturated heterocycles. The number of ether oxygens (including phenoxy) is 1. The first-order chi connectivity index (χ1) is 13.4. The molecule has 0 bridgehead atoms. The number of carbonyl (C=O) groups excluding carboxylic acids is 1. The number of carbonyl (C=O) groups is 1. The maximum atomic E-state index is 14.0. The molecule has 6 nitrogen and oxygen atoms in total. The molecule has 3 aromatic rings. The van der Waals surface area contributed by atoms with Gasteiger partial charge in [0, 0.05) is 22.8 Å². The van der Waals surface area contributed by atoms with Gasteiger partial charge in [-0.25, -0.2) is 13.8 Å². The van der Waals surface area contributed by atoms with E-state index in [9.17, 15) is 18.7 Å². The number of amides is 1. The zero-order chi connectivity index (χ0) is 20.3. The molecule has 1 aromatic carbocycles. The molecule has 0 aliphatic carbocycles. The lowest BCUT2D eigenvalue weighted by Gasteiger charge is -2.08. The number of nitrogens with zero attached hydrogens (tertiary/aromatic N) is 2. The molecule has 1 unspecified atom stereocenters. The summed E-state index contributed by atoms with van der Waals surface area (Å²) in [4.78, 5) is 17.3. The molecular formula is C18H17F2N3O3S2. The Morgan fingerprint density at radius 2 is 2.07 bits per heavy atom. The van der Waals surface area contributed by atoms with Crippen molar-refractivity contribution >= 4 is 34.5 Å². The van der Waals surface area contributed by atoms with Crippen LogP contribution in [-0.2, 0) is 0 Å². The SMILES string of the molecule is Cc1sc(-c2c(F)cccc2F)nc1C(=O)Nc1cnsc1OCCC(C)O. The highest BCUT2D eigenvalue weighted by atomic mass is 32.1. The van der Waals surface area contributed by atoms with E-state index in [0.29, 0.717) is 22.0 Å². The number of hydrogen-bond acceptors (Lipinski definition) is 7. The quantitative estimate of drug-likeness (QED) is 0.591. The molecular weight excluding hydrogens is 408 g/mol. The van der Waals surface area contributed by atoms with Crippen molar-refractivity contribution in [1.29, 1.82) is 0 Å². The van der Waals surface area contributed by atoms with Crippen LogP contribution in [-0.4, -0.2) is 33.1 Å². The summed E-state index contributed by atoms with van der Waals surface area (Å²) < 4.78 is 37.5. The fourth-order valence-corrected chi connectivity index (χ4v) is 3.89. The molecule has 10 heteroatoms. The van der Waals surface area contributed by atoms with Gasteiger partial charge in [0.2, 0.25) is 5.06 Å². The number of benzene rings is 1. The average molecular weight is 425 g/mol. The van der Waals surface area contributed by atoms with Crippen molar-refractivity contribution in [2.24, 2.45) is 0 Å². The summed E-state index contributed by atoms with van der Waals surface area (Å²) >= 11 is 2.10. The minimum atomic E-state index is -0.739. The molecule has 0 fully saturated rings. The van der Waals surface area contributed by atoms with Gasteiger partial charge < -0.3 is 15.2 Å². The zero-order valence-electron chi connectivity index (χ0n) is 15.0. The van der Waals surface area contributed by atoms with E-state index in [2.05, 4.69) is 14.7 Å². The van der Waals surface area contributed by atoms with Crippen LogP contribution >= 0.6 is 22.9 Å². The van der Waals surface area contributed by atoms with Crippen molar-refractivity contribution in [3.8, 4) is 15.6 Å². The van der Waals surface area contributed by atoms with Crippen LogP contribution < -0.4 is 10.1 Å². The summed E-state index contributed by atoms with van der Waals surface area (Å²) in [6.07, 6.45) is 1.38. The van der Waals surface area contributed by atoms with Crippen molar-refractivity contribution < 1.29 is 23.4 Å². The van der Waals surface area contributed by atoms with Gasteiger partial charge in [-0.05, 0) is 26.0 Å². The summed E-state index contributed by atoms with van der Waals surface area (Å²) in [6, 6.07) is 3.55. The molecule has 28 heavy (non-hydrogen) atoms. The van der Waals surface area contributed by atoms with E-state index in [0.717, 1.165) is 35.0 Å². The Kier molecular flexibility index (Phi) is 6.32.